The molecule has 4 heteroatoms. The monoisotopic (exact) mass is 768 g/mol. The van der Waals surface area contributed by atoms with E-state index >= 15 is 0 Å². The van der Waals surface area contributed by atoms with Crippen LogP contribution in [0.3, 0.4) is 0 Å². The Kier molecular flexibility index (Phi) is 7.82. The number of aromatic nitrogens is 1. The number of anilines is 3. The second-order valence-corrected chi connectivity index (χ2v) is 15.3. The van der Waals surface area contributed by atoms with Gasteiger partial charge in [-0.25, -0.2) is 0 Å². The zero-order valence-electron chi connectivity index (χ0n) is 32.5. The molecule has 0 saturated carbocycles. The Morgan fingerprint density at radius 1 is 0.367 bits per heavy atom. The van der Waals surface area contributed by atoms with Crippen LogP contribution in [0.15, 0.2) is 227 Å². The van der Waals surface area contributed by atoms with E-state index in [9.17, 15) is 0 Å². The normalized spacial score (nSPS) is 11.7. The Hall–Kier alpha value is -8.08. The molecule has 3 aromatic heterocycles. The predicted molar refractivity (Wildman–Crippen MR) is 249 cm³/mol. The summed E-state index contributed by atoms with van der Waals surface area (Å²) in [4.78, 5) is 2.31. The molecule has 0 aliphatic carbocycles. The Morgan fingerprint density at radius 3 is 1.68 bits per heavy atom. The van der Waals surface area contributed by atoms with Crippen molar-refractivity contribution in [2.24, 2.45) is 0 Å². The van der Waals surface area contributed by atoms with E-state index in [0.717, 1.165) is 89.0 Å². The third-order valence-corrected chi connectivity index (χ3v) is 11.8. The van der Waals surface area contributed by atoms with E-state index in [1.807, 2.05) is 18.2 Å². The van der Waals surface area contributed by atoms with E-state index in [0.29, 0.717) is 0 Å². The minimum Gasteiger partial charge on any atom is -0.454 e. The largest absolute Gasteiger partial charge is 0.454 e. The Balaban J connectivity index is 0.974. The molecular weight excluding hydrogens is 733 g/mol. The summed E-state index contributed by atoms with van der Waals surface area (Å²) in [6.07, 6.45) is 0. The van der Waals surface area contributed by atoms with Crippen molar-refractivity contribution in [3.8, 4) is 39.1 Å². The van der Waals surface area contributed by atoms with E-state index < -0.39 is 0 Å². The third-order valence-electron chi connectivity index (χ3n) is 11.8. The van der Waals surface area contributed by atoms with Gasteiger partial charge in [0.15, 0.2) is 5.58 Å². The fourth-order valence-electron chi connectivity index (χ4n) is 9.04. The first-order valence-electron chi connectivity index (χ1n) is 20.3. The van der Waals surface area contributed by atoms with Crippen molar-refractivity contribution in [2.45, 2.75) is 0 Å². The van der Waals surface area contributed by atoms with Gasteiger partial charge < -0.3 is 13.7 Å². The number of nitrogens with zero attached hydrogens (tertiary/aromatic N) is 2. The Labute approximate surface area is 346 Å². The first-order valence-corrected chi connectivity index (χ1v) is 20.3. The lowest BCUT2D eigenvalue weighted by Crippen LogP contribution is -2.10. The van der Waals surface area contributed by atoms with Crippen LogP contribution in [0.2, 0.25) is 0 Å². The molecule has 60 heavy (non-hydrogen) atoms. The quantitative estimate of drug-likeness (QED) is 0.162. The highest BCUT2D eigenvalue weighted by Gasteiger charge is 2.22. The van der Waals surface area contributed by atoms with Gasteiger partial charge in [0.2, 0.25) is 5.71 Å². The average molecular weight is 769 g/mol. The fraction of sp³-hybridized carbons (Fsp3) is 0. The summed E-state index contributed by atoms with van der Waals surface area (Å²) in [6.45, 7) is 0. The standard InChI is InChI=1S/C56H36N2O2/c1-3-14-38(15-4-1)44-18-7-8-19-45(44)39-28-33-43(34-29-39)57(51-24-13-22-47-46-20-10-12-25-52(46)59-55(47)51)42-31-26-37(27-32-42)40-30-35-53-49(36-40)54-48-21-9-11-23-50(48)58(56(54)60-53)41-16-5-2-6-17-41/h1-36H. The maximum absolute atomic E-state index is 6.63. The number of furan rings is 2. The minimum absolute atomic E-state index is 0.852. The van der Waals surface area contributed by atoms with Crippen LogP contribution in [0.25, 0.3) is 94.0 Å². The highest BCUT2D eigenvalue weighted by atomic mass is 16.3. The van der Waals surface area contributed by atoms with Crippen LogP contribution in [0.1, 0.15) is 0 Å². The van der Waals surface area contributed by atoms with Crippen LogP contribution in [0.4, 0.5) is 17.1 Å². The summed E-state index contributed by atoms with van der Waals surface area (Å²) in [6, 6.07) is 77.2. The molecule has 12 aromatic rings. The van der Waals surface area contributed by atoms with Crippen LogP contribution in [0, 0.1) is 0 Å². The maximum atomic E-state index is 6.63. The molecule has 0 radical (unpaired) electrons. The maximum Gasteiger partial charge on any atom is 0.213 e. The van der Waals surface area contributed by atoms with E-state index in [-0.39, 0.29) is 0 Å². The topological polar surface area (TPSA) is 34.5 Å². The summed E-state index contributed by atoms with van der Waals surface area (Å²) < 4.78 is 15.5. The summed E-state index contributed by atoms with van der Waals surface area (Å²) in [5, 5.41) is 5.60. The van der Waals surface area contributed by atoms with Crippen LogP contribution < -0.4 is 4.90 Å². The molecular formula is C56H36N2O2. The first-order chi connectivity index (χ1) is 29.8. The van der Waals surface area contributed by atoms with Gasteiger partial charge in [-0.15, -0.1) is 0 Å². The lowest BCUT2D eigenvalue weighted by Gasteiger charge is -2.26. The molecule has 0 unspecified atom stereocenters. The van der Waals surface area contributed by atoms with Crippen molar-refractivity contribution in [3.05, 3.63) is 218 Å². The molecule has 0 spiro atoms. The van der Waals surface area contributed by atoms with Crippen molar-refractivity contribution in [1.82, 2.24) is 4.57 Å². The molecule has 0 fully saturated rings. The third kappa shape index (κ3) is 5.46. The van der Waals surface area contributed by atoms with Gasteiger partial charge >= 0.3 is 0 Å². The number of fused-ring (bicyclic) bond motifs is 8. The van der Waals surface area contributed by atoms with Crippen molar-refractivity contribution in [1.29, 1.82) is 0 Å². The van der Waals surface area contributed by atoms with Gasteiger partial charge in [-0.05, 0) is 100 Å². The molecule has 9 aromatic carbocycles. The van der Waals surface area contributed by atoms with Crippen molar-refractivity contribution in [3.63, 3.8) is 0 Å². The number of benzene rings is 9. The van der Waals surface area contributed by atoms with Crippen LogP contribution in [-0.2, 0) is 0 Å². The van der Waals surface area contributed by atoms with Gasteiger partial charge in [0, 0.05) is 38.6 Å². The average Bonchev–Trinajstić information content (AvgIpc) is 3.99. The highest BCUT2D eigenvalue weighted by Crippen LogP contribution is 2.44. The van der Waals surface area contributed by atoms with Crippen LogP contribution >= 0.6 is 0 Å². The first kappa shape index (κ1) is 34.0. The van der Waals surface area contributed by atoms with E-state index in [2.05, 4.69) is 210 Å². The van der Waals surface area contributed by atoms with Gasteiger partial charge in [-0.3, -0.25) is 4.57 Å². The molecule has 3 heterocycles. The molecule has 4 nitrogen and oxygen atoms in total. The second kappa shape index (κ2) is 13.8. The summed E-state index contributed by atoms with van der Waals surface area (Å²) in [7, 11) is 0. The predicted octanol–water partition coefficient (Wildman–Crippen LogP) is 15.9. The van der Waals surface area contributed by atoms with Crippen LogP contribution in [0.5, 0.6) is 0 Å². The van der Waals surface area contributed by atoms with Gasteiger partial charge in [-0.1, -0.05) is 152 Å². The van der Waals surface area contributed by atoms with Crippen molar-refractivity contribution < 1.29 is 8.83 Å². The molecule has 0 atom stereocenters. The van der Waals surface area contributed by atoms with Crippen molar-refractivity contribution in [2.75, 3.05) is 4.90 Å². The number of hydrogen-bond donors (Lipinski definition) is 0. The molecule has 0 aliphatic heterocycles. The summed E-state index contributed by atoms with van der Waals surface area (Å²) >= 11 is 0. The number of para-hydroxylation sites is 4. The summed E-state index contributed by atoms with van der Waals surface area (Å²) in [5.74, 6) is 0. The fourth-order valence-corrected chi connectivity index (χ4v) is 9.04. The van der Waals surface area contributed by atoms with Gasteiger partial charge in [-0.2, -0.15) is 0 Å². The SMILES string of the molecule is c1ccc(-c2ccccc2-c2ccc(N(c3ccc(-c4ccc5oc6c(c5c4)c4ccccc4n6-c4ccccc4)cc3)c3cccc4c3oc3ccccc34)cc2)cc1. The van der Waals surface area contributed by atoms with Crippen LogP contribution in [-0.4, -0.2) is 4.57 Å². The molecule has 0 saturated heterocycles. The Bertz CT molecular complexity index is 3520. The minimum atomic E-state index is 0.852. The molecule has 0 N–H and O–H groups in total. The molecule has 0 amide bonds. The summed E-state index contributed by atoms with van der Waals surface area (Å²) in [5.41, 5.74) is 15.7. The van der Waals surface area contributed by atoms with Gasteiger partial charge in [0.25, 0.3) is 0 Å². The zero-order chi connectivity index (χ0) is 39.6. The highest BCUT2D eigenvalue weighted by molar-refractivity contribution is 6.20. The van der Waals surface area contributed by atoms with Gasteiger partial charge in [0.05, 0.1) is 16.6 Å². The Morgan fingerprint density at radius 2 is 0.933 bits per heavy atom. The number of hydrogen-bond acceptors (Lipinski definition) is 3. The molecule has 0 aliphatic rings. The zero-order valence-corrected chi connectivity index (χ0v) is 32.5. The van der Waals surface area contributed by atoms with Gasteiger partial charge in [0.1, 0.15) is 11.2 Å². The van der Waals surface area contributed by atoms with Crippen molar-refractivity contribution >= 4 is 72.0 Å². The molecule has 12 rings (SSSR count). The second-order valence-electron chi connectivity index (χ2n) is 15.3. The molecule has 282 valence electrons. The smallest absolute Gasteiger partial charge is 0.213 e. The molecule has 0 bridgehead atoms. The lowest BCUT2D eigenvalue weighted by atomic mass is 9.94. The van der Waals surface area contributed by atoms with E-state index in [4.69, 9.17) is 8.83 Å². The lowest BCUT2D eigenvalue weighted by molar-refractivity contribution is 0.645. The van der Waals surface area contributed by atoms with E-state index in [1.54, 1.807) is 0 Å². The van der Waals surface area contributed by atoms with E-state index in [1.165, 1.54) is 22.1 Å². The number of rotatable bonds is 7.